The first-order valence-corrected chi connectivity index (χ1v) is 8.91. The molecule has 0 spiro atoms. The predicted molar refractivity (Wildman–Crippen MR) is 88.7 cm³/mol. The number of hydrogen-bond acceptors (Lipinski definition) is 6. The molecule has 0 aliphatic heterocycles. The second kappa shape index (κ2) is 8.72. The molecule has 0 aromatic heterocycles. The third-order valence-corrected chi connectivity index (χ3v) is 5.06. The molecule has 0 unspecified atom stereocenters. The Bertz CT molecular complexity index is 779. The van der Waals surface area contributed by atoms with Crippen molar-refractivity contribution in [2.45, 2.75) is 24.8 Å². The van der Waals surface area contributed by atoms with Crippen LogP contribution in [0.4, 0.5) is 9.18 Å². The summed E-state index contributed by atoms with van der Waals surface area (Å²) in [6.45, 7) is 2.45. The molecule has 0 fully saturated rings. The average molecular weight is 389 g/mol. The topological polar surface area (TPSA) is 136 Å². The van der Waals surface area contributed by atoms with E-state index in [9.17, 15) is 27.2 Å². The number of esters is 1. The summed E-state index contributed by atoms with van der Waals surface area (Å²) >= 11 is 0. The van der Waals surface area contributed by atoms with E-state index in [1.807, 2.05) is 0 Å². The van der Waals surface area contributed by atoms with Crippen LogP contribution in [0.5, 0.6) is 0 Å². The van der Waals surface area contributed by atoms with E-state index in [-0.39, 0.29) is 4.90 Å². The predicted octanol–water partition coefficient (Wildman–Crippen LogP) is 0.209. The maximum atomic E-state index is 12.9. The molecule has 1 atom stereocenters. The summed E-state index contributed by atoms with van der Waals surface area (Å²) < 4.78 is 43.3. The minimum Gasteiger partial charge on any atom is -0.451 e. The minimum atomic E-state index is -4.05. The van der Waals surface area contributed by atoms with E-state index in [1.165, 1.54) is 0 Å². The number of halogens is 1. The second-order valence-corrected chi connectivity index (χ2v) is 7.77. The number of carbonyl (C=O) groups excluding carboxylic acids is 3. The van der Waals surface area contributed by atoms with Crippen LogP contribution in [-0.2, 0) is 24.3 Å². The zero-order chi connectivity index (χ0) is 20.1. The number of amides is 3. The highest BCUT2D eigenvalue weighted by Gasteiger charge is 2.30. The van der Waals surface area contributed by atoms with Gasteiger partial charge in [-0.15, -0.1) is 0 Å². The number of nitrogens with zero attached hydrogens (tertiary/aromatic N) is 1. The number of imide groups is 1. The molecule has 3 amide bonds. The Hall–Kier alpha value is -2.53. The zero-order valence-electron chi connectivity index (χ0n) is 14.4. The molecule has 11 heteroatoms. The van der Waals surface area contributed by atoms with Gasteiger partial charge in [-0.25, -0.2) is 17.6 Å². The molecule has 144 valence electrons. The van der Waals surface area contributed by atoms with Crippen LogP contribution in [0.3, 0.4) is 0 Å². The zero-order valence-corrected chi connectivity index (χ0v) is 15.2. The third-order valence-electron chi connectivity index (χ3n) is 3.24. The van der Waals surface area contributed by atoms with Gasteiger partial charge in [-0.05, 0) is 30.2 Å². The van der Waals surface area contributed by atoms with Gasteiger partial charge in [0.05, 0.1) is 4.90 Å². The summed E-state index contributed by atoms with van der Waals surface area (Å²) in [7, 11) is -2.92. The van der Waals surface area contributed by atoms with E-state index >= 15 is 0 Å². The van der Waals surface area contributed by atoms with Crippen molar-refractivity contribution in [3.8, 4) is 0 Å². The van der Waals surface area contributed by atoms with E-state index < -0.39 is 52.3 Å². The van der Waals surface area contributed by atoms with Gasteiger partial charge in [0.25, 0.3) is 5.91 Å². The Morgan fingerprint density at radius 2 is 1.77 bits per heavy atom. The van der Waals surface area contributed by atoms with Gasteiger partial charge in [-0.3, -0.25) is 14.9 Å². The fourth-order valence-corrected chi connectivity index (χ4v) is 3.03. The van der Waals surface area contributed by atoms with Gasteiger partial charge in [0.1, 0.15) is 12.4 Å². The molecule has 0 bridgehead atoms. The first-order chi connectivity index (χ1) is 11.9. The number of hydrogen-bond donors (Lipinski definition) is 2. The monoisotopic (exact) mass is 389 g/mol. The SMILES string of the molecule is CC(C)[C@H](OC(=O)CN(C)S(=O)(=O)c1ccc(F)cc1)C(=O)NC(N)=O. The molecule has 3 N–H and O–H groups in total. The van der Waals surface area contributed by atoms with Gasteiger partial charge >= 0.3 is 12.0 Å². The van der Waals surface area contributed by atoms with Gasteiger partial charge in [-0.1, -0.05) is 13.8 Å². The quantitative estimate of drug-likeness (QED) is 0.640. The van der Waals surface area contributed by atoms with Crippen LogP contribution in [0.2, 0.25) is 0 Å². The number of rotatable bonds is 7. The lowest BCUT2D eigenvalue weighted by atomic mass is 10.1. The lowest BCUT2D eigenvalue weighted by Gasteiger charge is -2.22. The highest BCUT2D eigenvalue weighted by Crippen LogP contribution is 2.15. The fraction of sp³-hybridized carbons (Fsp3) is 0.400. The normalized spacial score (nSPS) is 12.7. The summed E-state index contributed by atoms with van der Waals surface area (Å²) in [5.41, 5.74) is 4.85. The number of sulfonamides is 1. The minimum absolute atomic E-state index is 0.207. The van der Waals surface area contributed by atoms with Crippen LogP contribution < -0.4 is 11.1 Å². The maximum Gasteiger partial charge on any atom is 0.322 e. The smallest absolute Gasteiger partial charge is 0.322 e. The van der Waals surface area contributed by atoms with Gasteiger partial charge in [0.15, 0.2) is 6.10 Å². The second-order valence-electron chi connectivity index (χ2n) is 5.72. The largest absolute Gasteiger partial charge is 0.451 e. The number of carbonyl (C=O) groups is 3. The molecule has 0 aliphatic carbocycles. The number of benzene rings is 1. The Morgan fingerprint density at radius 1 is 1.23 bits per heavy atom. The number of likely N-dealkylation sites (N-methyl/N-ethyl adjacent to an activating group) is 1. The van der Waals surface area contributed by atoms with Gasteiger partial charge in [0.2, 0.25) is 10.0 Å². The summed E-state index contributed by atoms with van der Waals surface area (Å²) in [5, 5.41) is 1.80. The van der Waals surface area contributed by atoms with Crippen LogP contribution >= 0.6 is 0 Å². The van der Waals surface area contributed by atoms with Crippen molar-refractivity contribution in [3.05, 3.63) is 30.1 Å². The van der Waals surface area contributed by atoms with Crippen LogP contribution in [-0.4, -0.2) is 50.3 Å². The molecule has 0 saturated heterocycles. The van der Waals surface area contributed by atoms with Crippen LogP contribution in [0.25, 0.3) is 0 Å². The first-order valence-electron chi connectivity index (χ1n) is 7.46. The van der Waals surface area contributed by atoms with Crippen molar-refractivity contribution in [2.24, 2.45) is 11.7 Å². The molecule has 1 aromatic carbocycles. The standard InChI is InChI=1S/C15H20FN3O6S/c1-9(2)13(14(21)18-15(17)22)25-12(20)8-19(3)26(23,24)11-6-4-10(16)5-7-11/h4-7,9,13H,8H2,1-3H3,(H3,17,18,21,22)/t13-/m0/s1. The maximum absolute atomic E-state index is 12.9. The Morgan fingerprint density at radius 3 is 2.23 bits per heavy atom. The van der Waals surface area contributed by atoms with Crippen molar-refractivity contribution >= 4 is 27.9 Å². The van der Waals surface area contributed by atoms with Crippen molar-refractivity contribution in [2.75, 3.05) is 13.6 Å². The van der Waals surface area contributed by atoms with E-state index in [2.05, 4.69) is 0 Å². The van der Waals surface area contributed by atoms with Crippen molar-refractivity contribution < 1.29 is 31.9 Å². The number of primary amides is 1. The molecule has 0 aliphatic rings. The molecular formula is C15H20FN3O6S. The van der Waals surface area contributed by atoms with Gasteiger partial charge in [-0.2, -0.15) is 4.31 Å². The first kappa shape index (κ1) is 21.5. The number of nitrogens with two attached hydrogens (primary N) is 1. The number of urea groups is 1. The molecule has 26 heavy (non-hydrogen) atoms. The Balaban J connectivity index is 2.83. The lowest BCUT2D eigenvalue weighted by Crippen LogP contribution is -2.46. The molecule has 0 heterocycles. The van der Waals surface area contributed by atoms with Crippen LogP contribution in [0, 0.1) is 11.7 Å². The van der Waals surface area contributed by atoms with Crippen LogP contribution in [0.1, 0.15) is 13.8 Å². The Kier molecular flexibility index (Phi) is 7.21. The summed E-state index contributed by atoms with van der Waals surface area (Å²) in [6.07, 6.45) is -1.32. The summed E-state index contributed by atoms with van der Waals surface area (Å²) in [5.74, 6) is -3.01. The number of nitrogens with one attached hydrogen (secondary N) is 1. The average Bonchev–Trinajstić information content (AvgIpc) is 2.51. The van der Waals surface area contributed by atoms with Gasteiger partial charge < -0.3 is 10.5 Å². The highest BCUT2D eigenvalue weighted by molar-refractivity contribution is 7.89. The molecular weight excluding hydrogens is 369 g/mol. The van der Waals surface area contributed by atoms with E-state index in [0.717, 1.165) is 31.3 Å². The van der Waals surface area contributed by atoms with Crippen molar-refractivity contribution in [1.82, 2.24) is 9.62 Å². The van der Waals surface area contributed by atoms with Crippen molar-refractivity contribution in [3.63, 3.8) is 0 Å². The van der Waals surface area contributed by atoms with E-state index in [0.29, 0.717) is 4.31 Å². The number of ether oxygens (including phenoxy) is 1. The molecule has 0 radical (unpaired) electrons. The summed E-state index contributed by atoms with van der Waals surface area (Å²) in [6, 6.07) is 2.96. The molecule has 9 nitrogen and oxygen atoms in total. The van der Waals surface area contributed by atoms with Crippen molar-refractivity contribution in [1.29, 1.82) is 0 Å². The van der Waals surface area contributed by atoms with E-state index in [1.54, 1.807) is 19.2 Å². The van der Waals surface area contributed by atoms with Crippen LogP contribution in [0.15, 0.2) is 29.2 Å². The molecule has 0 saturated carbocycles. The fourth-order valence-electron chi connectivity index (χ4n) is 1.92. The molecule has 1 aromatic rings. The lowest BCUT2D eigenvalue weighted by molar-refractivity contribution is -0.158. The summed E-state index contributed by atoms with van der Waals surface area (Å²) in [4.78, 5) is 34.4. The highest BCUT2D eigenvalue weighted by atomic mass is 32.2. The Labute approximate surface area is 150 Å². The third kappa shape index (κ3) is 5.77. The van der Waals surface area contributed by atoms with E-state index in [4.69, 9.17) is 10.5 Å². The molecule has 1 rings (SSSR count). The van der Waals surface area contributed by atoms with Gasteiger partial charge in [0, 0.05) is 7.05 Å².